The lowest BCUT2D eigenvalue weighted by molar-refractivity contribution is -0.124. The van der Waals surface area contributed by atoms with Crippen LogP contribution in [0.1, 0.15) is 19.3 Å². The number of nitrogens with one attached hydrogen (secondary N) is 2. The van der Waals surface area contributed by atoms with Crippen molar-refractivity contribution in [3.05, 3.63) is 0 Å². The highest BCUT2D eigenvalue weighted by molar-refractivity contribution is 8.00. The highest BCUT2D eigenvalue weighted by Crippen LogP contribution is 2.25. The molecule has 2 N–H and O–H groups in total. The Hall–Kier alpha value is -0.220. The van der Waals surface area contributed by atoms with E-state index in [1.807, 2.05) is 11.8 Å². The molecule has 2 atom stereocenters. The van der Waals surface area contributed by atoms with Crippen molar-refractivity contribution < 1.29 is 4.79 Å². The van der Waals surface area contributed by atoms with E-state index in [4.69, 9.17) is 0 Å². The van der Waals surface area contributed by atoms with Crippen LogP contribution in [0.4, 0.5) is 0 Å². The Kier molecular flexibility index (Phi) is 3.70. The van der Waals surface area contributed by atoms with Crippen LogP contribution in [-0.2, 0) is 4.79 Å². The summed E-state index contributed by atoms with van der Waals surface area (Å²) in [4.78, 5) is 11.6. The maximum absolute atomic E-state index is 11.6. The van der Waals surface area contributed by atoms with E-state index < -0.39 is 0 Å². The molecule has 2 heterocycles. The largest absolute Gasteiger partial charge is 0.355 e. The van der Waals surface area contributed by atoms with E-state index in [0.29, 0.717) is 5.25 Å². The van der Waals surface area contributed by atoms with Crippen molar-refractivity contribution in [3.63, 3.8) is 0 Å². The van der Waals surface area contributed by atoms with Gasteiger partial charge in [-0.2, -0.15) is 11.8 Å². The fourth-order valence-electron chi connectivity index (χ4n) is 2.04. The maximum atomic E-state index is 11.6. The van der Waals surface area contributed by atoms with Crippen molar-refractivity contribution in [1.29, 1.82) is 0 Å². The SMILES string of the molecule is O=C(NCC1CCCS1)[C@@H]1CCNC1. The van der Waals surface area contributed by atoms with Crippen molar-refractivity contribution in [1.82, 2.24) is 10.6 Å². The lowest BCUT2D eigenvalue weighted by Gasteiger charge is -2.13. The van der Waals surface area contributed by atoms with Crippen LogP contribution in [-0.4, -0.2) is 36.5 Å². The molecule has 2 fully saturated rings. The minimum atomic E-state index is 0.224. The van der Waals surface area contributed by atoms with Gasteiger partial charge in [-0.1, -0.05) is 0 Å². The number of amides is 1. The molecule has 0 aliphatic carbocycles. The summed E-state index contributed by atoms with van der Waals surface area (Å²) in [6, 6.07) is 0. The first kappa shape index (κ1) is 10.3. The summed E-state index contributed by atoms with van der Waals surface area (Å²) in [5.41, 5.74) is 0. The first-order valence-corrected chi connectivity index (χ1v) is 6.51. The van der Waals surface area contributed by atoms with Gasteiger partial charge in [0.25, 0.3) is 0 Å². The Morgan fingerprint density at radius 1 is 1.50 bits per heavy atom. The van der Waals surface area contributed by atoms with Crippen molar-refractivity contribution in [3.8, 4) is 0 Å². The summed E-state index contributed by atoms with van der Waals surface area (Å²) in [6.07, 6.45) is 3.59. The van der Waals surface area contributed by atoms with E-state index in [0.717, 1.165) is 26.1 Å². The molecule has 80 valence electrons. The molecule has 2 aliphatic heterocycles. The summed E-state index contributed by atoms with van der Waals surface area (Å²) in [5.74, 6) is 1.75. The highest BCUT2D eigenvalue weighted by Gasteiger charge is 2.23. The Bertz CT molecular complexity index is 198. The molecule has 14 heavy (non-hydrogen) atoms. The van der Waals surface area contributed by atoms with Crippen molar-refractivity contribution in [2.75, 3.05) is 25.4 Å². The van der Waals surface area contributed by atoms with Crippen LogP contribution < -0.4 is 10.6 Å². The van der Waals surface area contributed by atoms with E-state index in [2.05, 4.69) is 10.6 Å². The van der Waals surface area contributed by atoms with E-state index in [-0.39, 0.29) is 11.8 Å². The molecule has 0 aromatic heterocycles. The van der Waals surface area contributed by atoms with Crippen molar-refractivity contribution >= 4 is 17.7 Å². The molecule has 0 bridgehead atoms. The Morgan fingerprint density at radius 2 is 2.43 bits per heavy atom. The normalized spacial score (nSPS) is 32.0. The fourth-order valence-corrected chi connectivity index (χ4v) is 3.24. The third-order valence-corrected chi connectivity index (χ3v) is 4.36. The Morgan fingerprint density at radius 3 is 3.07 bits per heavy atom. The summed E-state index contributed by atoms with van der Waals surface area (Å²) >= 11 is 2.00. The Balaban J connectivity index is 1.66. The second-order valence-corrected chi connectivity index (χ2v) is 5.48. The van der Waals surface area contributed by atoms with Gasteiger partial charge in [0, 0.05) is 18.3 Å². The molecule has 0 saturated carbocycles. The average Bonchev–Trinajstić information content (AvgIpc) is 2.87. The first-order valence-electron chi connectivity index (χ1n) is 5.46. The lowest BCUT2D eigenvalue weighted by atomic mass is 10.1. The molecular formula is C10H18N2OS. The number of hydrogen-bond acceptors (Lipinski definition) is 3. The topological polar surface area (TPSA) is 41.1 Å². The van der Waals surface area contributed by atoms with E-state index in [9.17, 15) is 4.79 Å². The smallest absolute Gasteiger partial charge is 0.224 e. The van der Waals surface area contributed by atoms with Gasteiger partial charge in [-0.3, -0.25) is 4.79 Å². The number of thioether (sulfide) groups is 1. The van der Waals surface area contributed by atoms with Crippen molar-refractivity contribution in [2.24, 2.45) is 5.92 Å². The number of hydrogen-bond donors (Lipinski definition) is 2. The molecule has 1 amide bonds. The van der Waals surface area contributed by atoms with Crippen LogP contribution in [0.15, 0.2) is 0 Å². The number of carbonyl (C=O) groups is 1. The molecular weight excluding hydrogens is 196 g/mol. The molecule has 4 heteroatoms. The predicted molar refractivity (Wildman–Crippen MR) is 59.5 cm³/mol. The highest BCUT2D eigenvalue weighted by atomic mass is 32.2. The summed E-state index contributed by atoms with van der Waals surface area (Å²) in [7, 11) is 0. The maximum Gasteiger partial charge on any atom is 0.224 e. The fraction of sp³-hybridized carbons (Fsp3) is 0.900. The van der Waals surface area contributed by atoms with Crippen LogP contribution in [0.25, 0.3) is 0 Å². The van der Waals surface area contributed by atoms with Gasteiger partial charge in [-0.15, -0.1) is 0 Å². The van der Waals surface area contributed by atoms with Gasteiger partial charge in [-0.25, -0.2) is 0 Å². The standard InChI is InChI=1S/C10H18N2OS/c13-10(8-3-4-11-6-8)12-7-9-2-1-5-14-9/h8-9,11H,1-7H2,(H,12,13)/t8-,9?/m1/s1. The zero-order valence-corrected chi connectivity index (χ0v) is 9.24. The van der Waals surface area contributed by atoms with Gasteiger partial charge in [0.2, 0.25) is 5.91 Å². The summed E-state index contributed by atoms with van der Waals surface area (Å²) in [5, 5.41) is 6.96. The molecule has 2 aliphatic rings. The number of rotatable bonds is 3. The average molecular weight is 214 g/mol. The molecule has 1 unspecified atom stereocenters. The molecule has 0 radical (unpaired) electrons. The quantitative estimate of drug-likeness (QED) is 0.723. The van der Waals surface area contributed by atoms with Crippen LogP contribution in [0.2, 0.25) is 0 Å². The van der Waals surface area contributed by atoms with Crippen LogP contribution >= 0.6 is 11.8 Å². The van der Waals surface area contributed by atoms with Crippen molar-refractivity contribution in [2.45, 2.75) is 24.5 Å². The van der Waals surface area contributed by atoms with Crippen LogP contribution in [0, 0.1) is 5.92 Å². The van der Waals surface area contributed by atoms with Crippen LogP contribution in [0.5, 0.6) is 0 Å². The second-order valence-electron chi connectivity index (χ2n) is 4.07. The second kappa shape index (κ2) is 5.03. The third-order valence-electron chi connectivity index (χ3n) is 2.96. The molecule has 2 rings (SSSR count). The molecule has 0 spiro atoms. The van der Waals surface area contributed by atoms with E-state index in [1.54, 1.807) is 0 Å². The minimum Gasteiger partial charge on any atom is -0.355 e. The van der Waals surface area contributed by atoms with E-state index >= 15 is 0 Å². The predicted octanol–water partition coefficient (Wildman–Crippen LogP) is 0.608. The minimum absolute atomic E-state index is 0.224. The van der Waals surface area contributed by atoms with Gasteiger partial charge >= 0.3 is 0 Å². The molecule has 0 aromatic carbocycles. The van der Waals surface area contributed by atoms with Gasteiger partial charge in [0.15, 0.2) is 0 Å². The summed E-state index contributed by atoms with van der Waals surface area (Å²) < 4.78 is 0. The zero-order chi connectivity index (χ0) is 9.80. The lowest BCUT2D eigenvalue weighted by Crippen LogP contribution is -2.35. The number of carbonyl (C=O) groups excluding carboxylic acids is 1. The van der Waals surface area contributed by atoms with Crippen LogP contribution in [0.3, 0.4) is 0 Å². The van der Waals surface area contributed by atoms with Gasteiger partial charge in [0.05, 0.1) is 5.92 Å². The monoisotopic (exact) mass is 214 g/mol. The summed E-state index contributed by atoms with van der Waals surface area (Å²) in [6.45, 7) is 2.74. The van der Waals surface area contributed by atoms with Gasteiger partial charge < -0.3 is 10.6 Å². The molecule has 0 aromatic rings. The third kappa shape index (κ3) is 2.64. The first-order chi connectivity index (χ1) is 6.86. The molecule has 3 nitrogen and oxygen atoms in total. The van der Waals surface area contributed by atoms with E-state index in [1.165, 1.54) is 18.6 Å². The Labute approximate surface area is 89.4 Å². The molecule has 2 saturated heterocycles. The van der Waals surface area contributed by atoms with Gasteiger partial charge in [0.1, 0.15) is 0 Å². The zero-order valence-electron chi connectivity index (χ0n) is 8.42. The van der Waals surface area contributed by atoms with Gasteiger partial charge in [-0.05, 0) is 31.6 Å².